The summed E-state index contributed by atoms with van der Waals surface area (Å²) in [5, 5.41) is 12.6. The van der Waals surface area contributed by atoms with E-state index >= 15 is 0 Å². The third-order valence-electron chi connectivity index (χ3n) is 3.63. The summed E-state index contributed by atoms with van der Waals surface area (Å²) < 4.78 is 5.22. The van der Waals surface area contributed by atoms with Crippen molar-refractivity contribution in [2.75, 3.05) is 7.11 Å². The van der Waals surface area contributed by atoms with Crippen LogP contribution in [0.5, 0.6) is 5.88 Å². The molecule has 2 aromatic heterocycles. The molecular weight excluding hydrogens is 340 g/mol. The van der Waals surface area contributed by atoms with Gasteiger partial charge in [0.25, 0.3) is 5.91 Å². The fourth-order valence-electron chi connectivity index (χ4n) is 2.34. The van der Waals surface area contributed by atoms with Gasteiger partial charge < -0.3 is 10.1 Å². The summed E-state index contributed by atoms with van der Waals surface area (Å²) >= 11 is 6.03. The van der Waals surface area contributed by atoms with Crippen molar-refractivity contribution in [3.63, 3.8) is 0 Å². The number of nitriles is 1. The summed E-state index contributed by atoms with van der Waals surface area (Å²) in [7, 11) is 1.44. The van der Waals surface area contributed by atoms with Crippen molar-refractivity contribution in [3.05, 3.63) is 64.4 Å². The number of carbonyl (C=O) groups is 1. The SMILES string of the molecule is COc1nc2c(Cl)nccc2cc1C(=O)NCc1ccc(C#N)cc1. The van der Waals surface area contributed by atoms with E-state index in [0.29, 0.717) is 28.6 Å². The second kappa shape index (κ2) is 7.16. The average Bonchev–Trinajstić information content (AvgIpc) is 2.66. The summed E-state index contributed by atoms with van der Waals surface area (Å²) in [5.41, 5.74) is 2.24. The van der Waals surface area contributed by atoms with E-state index in [4.69, 9.17) is 21.6 Å². The normalized spacial score (nSPS) is 10.3. The fourth-order valence-corrected chi connectivity index (χ4v) is 2.55. The van der Waals surface area contributed by atoms with Crippen LogP contribution in [-0.2, 0) is 6.54 Å². The molecule has 0 radical (unpaired) electrons. The van der Waals surface area contributed by atoms with Crippen molar-refractivity contribution in [3.8, 4) is 11.9 Å². The zero-order chi connectivity index (χ0) is 17.8. The summed E-state index contributed by atoms with van der Waals surface area (Å²) in [6, 6.07) is 12.4. The molecule has 3 aromatic rings. The van der Waals surface area contributed by atoms with Crippen molar-refractivity contribution in [2.45, 2.75) is 6.54 Å². The predicted molar refractivity (Wildman–Crippen MR) is 93.4 cm³/mol. The van der Waals surface area contributed by atoms with Crippen LogP contribution in [0.15, 0.2) is 42.6 Å². The van der Waals surface area contributed by atoms with Crippen molar-refractivity contribution < 1.29 is 9.53 Å². The zero-order valence-corrected chi connectivity index (χ0v) is 14.0. The lowest BCUT2D eigenvalue weighted by Gasteiger charge is -2.10. The number of carbonyl (C=O) groups excluding carboxylic acids is 1. The summed E-state index contributed by atoms with van der Waals surface area (Å²) in [6.45, 7) is 0.322. The van der Waals surface area contributed by atoms with Crippen LogP contribution in [0, 0.1) is 11.3 Å². The second-order valence-electron chi connectivity index (χ2n) is 5.21. The number of ether oxygens (including phenoxy) is 1. The number of hydrogen-bond acceptors (Lipinski definition) is 5. The second-order valence-corrected chi connectivity index (χ2v) is 5.57. The minimum absolute atomic E-state index is 0.180. The van der Waals surface area contributed by atoms with E-state index < -0.39 is 0 Å². The molecule has 3 rings (SSSR count). The number of methoxy groups -OCH3 is 1. The average molecular weight is 353 g/mol. The van der Waals surface area contributed by atoms with Crippen LogP contribution in [0.2, 0.25) is 5.15 Å². The first kappa shape index (κ1) is 16.7. The zero-order valence-electron chi connectivity index (χ0n) is 13.3. The molecule has 1 amide bonds. The first-order valence-electron chi connectivity index (χ1n) is 7.39. The molecule has 0 aliphatic rings. The van der Waals surface area contributed by atoms with E-state index in [0.717, 1.165) is 5.56 Å². The predicted octanol–water partition coefficient (Wildman–Crippen LogP) is 3.09. The number of nitrogens with one attached hydrogen (secondary N) is 1. The van der Waals surface area contributed by atoms with Gasteiger partial charge in [0, 0.05) is 18.1 Å². The van der Waals surface area contributed by atoms with Crippen LogP contribution < -0.4 is 10.1 Å². The van der Waals surface area contributed by atoms with E-state index in [1.54, 1.807) is 42.6 Å². The first-order valence-corrected chi connectivity index (χ1v) is 7.76. The monoisotopic (exact) mass is 352 g/mol. The van der Waals surface area contributed by atoms with Crippen LogP contribution in [-0.4, -0.2) is 23.0 Å². The number of benzene rings is 1. The Kier molecular flexibility index (Phi) is 4.78. The Bertz CT molecular complexity index is 981. The Balaban J connectivity index is 1.84. The molecule has 6 nitrogen and oxygen atoms in total. The van der Waals surface area contributed by atoms with Gasteiger partial charge in [-0.15, -0.1) is 0 Å². The number of aromatic nitrogens is 2. The molecule has 1 aromatic carbocycles. The first-order chi connectivity index (χ1) is 12.1. The third kappa shape index (κ3) is 3.52. The minimum atomic E-state index is -0.316. The highest BCUT2D eigenvalue weighted by Gasteiger charge is 2.16. The molecule has 0 spiro atoms. The highest BCUT2D eigenvalue weighted by Crippen LogP contribution is 2.25. The van der Waals surface area contributed by atoms with Gasteiger partial charge in [0.1, 0.15) is 11.1 Å². The summed E-state index contributed by atoms with van der Waals surface area (Å²) in [4.78, 5) is 20.8. The van der Waals surface area contributed by atoms with Crippen molar-refractivity contribution in [1.29, 1.82) is 5.26 Å². The van der Waals surface area contributed by atoms with E-state index in [1.807, 2.05) is 0 Å². The van der Waals surface area contributed by atoms with Gasteiger partial charge in [-0.25, -0.2) is 9.97 Å². The van der Waals surface area contributed by atoms with E-state index in [1.165, 1.54) is 7.11 Å². The molecule has 0 aliphatic heterocycles. The van der Waals surface area contributed by atoms with Crippen LogP contribution in [0.4, 0.5) is 0 Å². The molecule has 0 bridgehead atoms. The van der Waals surface area contributed by atoms with Gasteiger partial charge >= 0.3 is 0 Å². The number of fused-ring (bicyclic) bond motifs is 1. The molecule has 0 aliphatic carbocycles. The molecule has 124 valence electrons. The molecular formula is C18H13ClN4O2. The largest absolute Gasteiger partial charge is 0.480 e. The molecule has 0 saturated heterocycles. The summed E-state index contributed by atoms with van der Waals surface area (Å²) in [6.07, 6.45) is 1.55. The maximum atomic E-state index is 12.5. The van der Waals surface area contributed by atoms with Crippen LogP contribution in [0.3, 0.4) is 0 Å². The van der Waals surface area contributed by atoms with Crippen LogP contribution in [0.25, 0.3) is 10.9 Å². The Morgan fingerprint density at radius 3 is 2.76 bits per heavy atom. The summed E-state index contributed by atoms with van der Waals surface area (Å²) in [5.74, 6) is -0.136. The maximum absolute atomic E-state index is 12.5. The molecule has 0 atom stereocenters. The molecule has 7 heteroatoms. The van der Waals surface area contributed by atoms with E-state index in [9.17, 15) is 4.79 Å². The standard InChI is InChI=1S/C18H13ClN4O2/c1-25-18-14(8-13-6-7-21-16(19)15(13)23-18)17(24)22-10-12-4-2-11(9-20)3-5-12/h2-8H,10H2,1H3,(H,22,24). The van der Waals surface area contributed by atoms with Gasteiger partial charge in [0.2, 0.25) is 5.88 Å². The minimum Gasteiger partial charge on any atom is -0.480 e. The highest BCUT2D eigenvalue weighted by atomic mass is 35.5. The number of nitrogens with zero attached hydrogens (tertiary/aromatic N) is 3. The lowest BCUT2D eigenvalue weighted by atomic mass is 10.1. The topological polar surface area (TPSA) is 87.9 Å². The Morgan fingerprint density at radius 2 is 2.08 bits per heavy atom. The molecule has 0 fully saturated rings. The Hall–Kier alpha value is -3.17. The number of amides is 1. The van der Waals surface area contributed by atoms with Crippen molar-refractivity contribution in [2.24, 2.45) is 0 Å². The Labute approximate surface area is 149 Å². The quantitative estimate of drug-likeness (QED) is 0.729. The van der Waals surface area contributed by atoms with Crippen molar-refractivity contribution >= 4 is 28.4 Å². The van der Waals surface area contributed by atoms with E-state index in [-0.39, 0.29) is 16.9 Å². The Morgan fingerprint density at radius 1 is 1.32 bits per heavy atom. The van der Waals surface area contributed by atoms with Gasteiger partial charge in [0.15, 0.2) is 5.15 Å². The fraction of sp³-hybridized carbons (Fsp3) is 0.111. The molecule has 0 unspecified atom stereocenters. The number of rotatable bonds is 4. The highest BCUT2D eigenvalue weighted by molar-refractivity contribution is 6.33. The molecule has 0 saturated carbocycles. The van der Waals surface area contributed by atoms with Crippen LogP contribution >= 0.6 is 11.6 Å². The lowest BCUT2D eigenvalue weighted by molar-refractivity contribution is 0.0947. The third-order valence-corrected chi connectivity index (χ3v) is 3.91. The number of hydrogen-bond donors (Lipinski definition) is 1. The van der Waals surface area contributed by atoms with Gasteiger partial charge in [0.05, 0.1) is 18.7 Å². The van der Waals surface area contributed by atoms with Gasteiger partial charge in [-0.2, -0.15) is 5.26 Å². The smallest absolute Gasteiger partial charge is 0.257 e. The van der Waals surface area contributed by atoms with Gasteiger partial charge in [-0.05, 0) is 29.8 Å². The maximum Gasteiger partial charge on any atom is 0.257 e. The molecule has 25 heavy (non-hydrogen) atoms. The van der Waals surface area contributed by atoms with Crippen LogP contribution in [0.1, 0.15) is 21.5 Å². The van der Waals surface area contributed by atoms with Crippen molar-refractivity contribution in [1.82, 2.24) is 15.3 Å². The lowest BCUT2D eigenvalue weighted by Crippen LogP contribution is -2.23. The van der Waals surface area contributed by atoms with Gasteiger partial charge in [-0.1, -0.05) is 23.7 Å². The van der Waals surface area contributed by atoms with E-state index in [2.05, 4.69) is 21.4 Å². The molecule has 1 N–H and O–H groups in total. The number of halogens is 1. The van der Waals surface area contributed by atoms with Gasteiger partial charge in [-0.3, -0.25) is 4.79 Å². The molecule has 2 heterocycles. The number of pyridine rings is 2.